The lowest BCUT2D eigenvalue weighted by Gasteiger charge is -2.10. The Kier molecular flexibility index (Phi) is 4.93. The number of thioether (sulfide) groups is 1. The predicted octanol–water partition coefficient (Wildman–Crippen LogP) is 3.43. The standard InChI is InChI=1S/C15H13FN2OS2/c1-21-11-5-2-9(3-6-11)15(19)18-13-7-4-10(16)8-12(13)14(17)20/h2-8H,1H3,(H2,17,20)(H,18,19). The zero-order valence-corrected chi connectivity index (χ0v) is 12.9. The average molecular weight is 320 g/mol. The van der Waals surface area contributed by atoms with Gasteiger partial charge in [-0.05, 0) is 48.7 Å². The van der Waals surface area contributed by atoms with Gasteiger partial charge < -0.3 is 11.1 Å². The van der Waals surface area contributed by atoms with Crippen molar-refractivity contribution in [1.29, 1.82) is 0 Å². The quantitative estimate of drug-likeness (QED) is 0.669. The second kappa shape index (κ2) is 6.69. The zero-order chi connectivity index (χ0) is 15.4. The monoisotopic (exact) mass is 320 g/mol. The minimum absolute atomic E-state index is 0.0301. The van der Waals surface area contributed by atoms with Gasteiger partial charge in [-0.25, -0.2) is 4.39 Å². The van der Waals surface area contributed by atoms with Crippen molar-refractivity contribution < 1.29 is 9.18 Å². The number of hydrogen-bond donors (Lipinski definition) is 2. The van der Waals surface area contributed by atoms with E-state index in [9.17, 15) is 9.18 Å². The number of halogens is 1. The van der Waals surface area contributed by atoms with Crippen LogP contribution in [0.3, 0.4) is 0 Å². The third-order valence-electron chi connectivity index (χ3n) is 2.85. The normalized spacial score (nSPS) is 10.2. The number of carbonyl (C=O) groups excluding carboxylic acids is 1. The van der Waals surface area contributed by atoms with Crippen LogP contribution in [0.15, 0.2) is 47.4 Å². The second-order valence-electron chi connectivity index (χ2n) is 4.24. The summed E-state index contributed by atoms with van der Waals surface area (Å²) in [5.41, 5.74) is 6.75. The summed E-state index contributed by atoms with van der Waals surface area (Å²) in [6, 6.07) is 11.1. The molecule has 0 heterocycles. The molecule has 0 fully saturated rings. The van der Waals surface area contributed by atoms with E-state index >= 15 is 0 Å². The first kappa shape index (κ1) is 15.5. The van der Waals surface area contributed by atoms with Crippen LogP contribution in [0.2, 0.25) is 0 Å². The topological polar surface area (TPSA) is 55.1 Å². The number of amides is 1. The summed E-state index contributed by atoms with van der Waals surface area (Å²) in [6.45, 7) is 0. The van der Waals surface area contributed by atoms with Gasteiger partial charge in [-0.1, -0.05) is 12.2 Å². The Bertz CT molecular complexity index is 687. The maximum Gasteiger partial charge on any atom is 0.255 e. The van der Waals surface area contributed by atoms with Gasteiger partial charge in [0.2, 0.25) is 0 Å². The van der Waals surface area contributed by atoms with Crippen LogP contribution < -0.4 is 11.1 Å². The van der Waals surface area contributed by atoms with E-state index in [0.29, 0.717) is 16.8 Å². The number of anilines is 1. The first-order valence-electron chi connectivity index (χ1n) is 6.06. The van der Waals surface area contributed by atoms with E-state index in [-0.39, 0.29) is 10.9 Å². The van der Waals surface area contributed by atoms with E-state index in [1.54, 1.807) is 23.9 Å². The van der Waals surface area contributed by atoms with Crippen molar-refractivity contribution in [2.45, 2.75) is 4.90 Å². The Balaban J connectivity index is 2.24. The molecule has 108 valence electrons. The van der Waals surface area contributed by atoms with Gasteiger partial charge in [-0.3, -0.25) is 4.79 Å². The Morgan fingerprint density at radius 2 is 1.90 bits per heavy atom. The Morgan fingerprint density at radius 1 is 1.24 bits per heavy atom. The lowest BCUT2D eigenvalue weighted by molar-refractivity contribution is 0.102. The zero-order valence-electron chi connectivity index (χ0n) is 11.2. The van der Waals surface area contributed by atoms with Gasteiger partial charge in [0.1, 0.15) is 10.8 Å². The molecule has 2 rings (SSSR count). The molecule has 0 unspecified atom stereocenters. The van der Waals surface area contributed by atoms with Crippen LogP contribution in [-0.4, -0.2) is 17.2 Å². The molecule has 21 heavy (non-hydrogen) atoms. The molecular formula is C15H13FN2OS2. The molecule has 2 aromatic rings. The summed E-state index contributed by atoms with van der Waals surface area (Å²) in [7, 11) is 0. The summed E-state index contributed by atoms with van der Waals surface area (Å²) in [6.07, 6.45) is 1.96. The number of hydrogen-bond acceptors (Lipinski definition) is 3. The molecule has 3 nitrogen and oxygen atoms in total. The van der Waals surface area contributed by atoms with Crippen LogP contribution in [0.4, 0.5) is 10.1 Å². The van der Waals surface area contributed by atoms with E-state index < -0.39 is 5.82 Å². The average Bonchev–Trinajstić information content (AvgIpc) is 2.49. The molecule has 0 spiro atoms. The molecule has 0 atom stereocenters. The van der Waals surface area contributed by atoms with Crippen molar-refractivity contribution in [3.63, 3.8) is 0 Å². The number of rotatable bonds is 4. The Hall–Kier alpha value is -1.92. The van der Waals surface area contributed by atoms with E-state index in [1.165, 1.54) is 18.2 Å². The van der Waals surface area contributed by atoms with Crippen molar-refractivity contribution in [1.82, 2.24) is 0 Å². The minimum Gasteiger partial charge on any atom is -0.389 e. The van der Waals surface area contributed by atoms with Gasteiger partial charge in [0, 0.05) is 16.0 Å². The minimum atomic E-state index is -0.458. The van der Waals surface area contributed by atoms with E-state index in [0.717, 1.165) is 4.90 Å². The predicted molar refractivity (Wildman–Crippen MR) is 88.5 cm³/mol. The molecule has 1 amide bonds. The summed E-state index contributed by atoms with van der Waals surface area (Å²) in [5.74, 6) is -0.758. The van der Waals surface area contributed by atoms with Crippen LogP contribution in [0.1, 0.15) is 15.9 Å². The number of carbonyl (C=O) groups is 1. The smallest absolute Gasteiger partial charge is 0.255 e. The summed E-state index contributed by atoms with van der Waals surface area (Å²) in [4.78, 5) is 13.3. The maximum absolute atomic E-state index is 13.2. The summed E-state index contributed by atoms with van der Waals surface area (Å²) < 4.78 is 13.2. The number of thiocarbonyl (C=S) groups is 1. The highest BCUT2D eigenvalue weighted by atomic mass is 32.2. The lowest BCUT2D eigenvalue weighted by Crippen LogP contribution is -2.17. The van der Waals surface area contributed by atoms with E-state index in [4.69, 9.17) is 18.0 Å². The number of benzene rings is 2. The van der Waals surface area contributed by atoms with E-state index in [1.807, 2.05) is 18.4 Å². The first-order chi connectivity index (χ1) is 10.0. The molecule has 0 aliphatic rings. The van der Waals surface area contributed by atoms with Gasteiger partial charge in [0.05, 0.1) is 5.69 Å². The molecule has 0 radical (unpaired) electrons. The van der Waals surface area contributed by atoms with Gasteiger partial charge in [0.25, 0.3) is 5.91 Å². The van der Waals surface area contributed by atoms with Crippen LogP contribution in [0.25, 0.3) is 0 Å². The van der Waals surface area contributed by atoms with Gasteiger partial charge in [0.15, 0.2) is 0 Å². The van der Waals surface area contributed by atoms with Crippen molar-refractivity contribution in [2.24, 2.45) is 5.73 Å². The van der Waals surface area contributed by atoms with Crippen LogP contribution in [-0.2, 0) is 0 Å². The molecule has 0 aliphatic carbocycles. The number of nitrogens with two attached hydrogens (primary N) is 1. The van der Waals surface area contributed by atoms with Gasteiger partial charge >= 0.3 is 0 Å². The highest BCUT2D eigenvalue weighted by molar-refractivity contribution is 7.98. The van der Waals surface area contributed by atoms with E-state index in [2.05, 4.69) is 5.32 Å². The largest absolute Gasteiger partial charge is 0.389 e. The summed E-state index contributed by atoms with van der Waals surface area (Å²) in [5, 5.41) is 2.69. The fourth-order valence-corrected chi connectivity index (χ4v) is 2.34. The Morgan fingerprint density at radius 3 is 2.48 bits per heavy atom. The molecule has 2 aromatic carbocycles. The maximum atomic E-state index is 13.2. The first-order valence-corrected chi connectivity index (χ1v) is 7.69. The number of nitrogens with one attached hydrogen (secondary N) is 1. The Labute approximate surface area is 131 Å². The molecule has 0 bridgehead atoms. The highest BCUT2D eigenvalue weighted by Gasteiger charge is 2.11. The lowest BCUT2D eigenvalue weighted by atomic mass is 10.1. The molecule has 0 aromatic heterocycles. The molecule has 0 aliphatic heterocycles. The van der Waals surface area contributed by atoms with Crippen molar-refractivity contribution in [3.05, 3.63) is 59.4 Å². The van der Waals surface area contributed by atoms with Crippen molar-refractivity contribution >= 4 is 40.6 Å². The highest BCUT2D eigenvalue weighted by Crippen LogP contribution is 2.19. The molecule has 0 saturated carbocycles. The molecule has 0 saturated heterocycles. The van der Waals surface area contributed by atoms with Crippen LogP contribution >= 0.6 is 24.0 Å². The third kappa shape index (κ3) is 3.80. The fourth-order valence-electron chi connectivity index (χ4n) is 1.77. The molecule has 6 heteroatoms. The molecular weight excluding hydrogens is 307 g/mol. The van der Waals surface area contributed by atoms with Gasteiger partial charge in [-0.2, -0.15) is 0 Å². The van der Waals surface area contributed by atoms with Gasteiger partial charge in [-0.15, -0.1) is 11.8 Å². The SMILES string of the molecule is CSc1ccc(C(=O)Nc2ccc(F)cc2C(N)=S)cc1. The van der Waals surface area contributed by atoms with Crippen LogP contribution in [0.5, 0.6) is 0 Å². The second-order valence-corrected chi connectivity index (χ2v) is 5.56. The summed E-state index contributed by atoms with van der Waals surface area (Å²) >= 11 is 6.46. The van der Waals surface area contributed by atoms with Crippen molar-refractivity contribution in [3.8, 4) is 0 Å². The molecule has 3 N–H and O–H groups in total. The fraction of sp³-hybridized carbons (Fsp3) is 0.0667. The van der Waals surface area contributed by atoms with Crippen molar-refractivity contribution in [2.75, 3.05) is 11.6 Å². The third-order valence-corrected chi connectivity index (χ3v) is 3.81. The van der Waals surface area contributed by atoms with Crippen LogP contribution in [0, 0.1) is 5.82 Å².